The number of halogens is 2. The number of carboxylic acids is 1. The van der Waals surface area contributed by atoms with E-state index < -0.39 is 23.2 Å². The molecule has 1 aromatic heterocycles. The van der Waals surface area contributed by atoms with Crippen LogP contribution in [0.2, 0.25) is 0 Å². The lowest BCUT2D eigenvalue weighted by molar-refractivity contribution is 0.0697. The molecule has 0 aliphatic carbocycles. The Balaban J connectivity index is 2.54. The van der Waals surface area contributed by atoms with E-state index in [2.05, 4.69) is 5.10 Å². The van der Waals surface area contributed by atoms with Crippen molar-refractivity contribution in [1.29, 1.82) is 0 Å². The number of aromatic carboxylic acids is 1. The molecule has 0 saturated heterocycles. The topological polar surface area (TPSA) is 55.1 Å². The summed E-state index contributed by atoms with van der Waals surface area (Å²) in [5, 5.41) is 13.2. The van der Waals surface area contributed by atoms with Gasteiger partial charge in [0.15, 0.2) is 0 Å². The fourth-order valence-electron chi connectivity index (χ4n) is 1.92. The van der Waals surface area contributed by atoms with Crippen molar-refractivity contribution in [2.24, 2.45) is 0 Å². The molecule has 1 aromatic carbocycles. The van der Waals surface area contributed by atoms with E-state index in [0.29, 0.717) is 6.54 Å². The van der Waals surface area contributed by atoms with Gasteiger partial charge in [0.2, 0.25) is 0 Å². The van der Waals surface area contributed by atoms with Gasteiger partial charge in [-0.1, -0.05) is 19.4 Å². The van der Waals surface area contributed by atoms with Crippen molar-refractivity contribution in [2.75, 3.05) is 0 Å². The summed E-state index contributed by atoms with van der Waals surface area (Å²) in [5.74, 6) is -2.91. The van der Waals surface area contributed by atoms with Gasteiger partial charge in [0.25, 0.3) is 0 Å². The molecule has 0 fully saturated rings. The summed E-state index contributed by atoms with van der Waals surface area (Å²) in [6.07, 6.45) is 3.02. The number of aryl methyl sites for hydroxylation is 1. The highest BCUT2D eigenvalue weighted by Gasteiger charge is 2.22. The summed E-state index contributed by atoms with van der Waals surface area (Å²) in [5.41, 5.74) is -0.783. The number of rotatable bonds is 5. The first-order valence-corrected chi connectivity index (χ1v) is 6.29. The Labute approximate surface area is 114 Å². The van der Waals surface area contributed by atoms with Crippen LogP contribution in [0.25, 0.3) is 11.3 Å². The summed E-state index contributed by atoms with van der Waals surface area (Å²) in [6, 6.07) is 3.38. The summed E-state index contributed by atoms with van der Waals surface area (Å²) in [6.45, 7) is 2.49. The quantitative estimate of drug-likeness (QED) is 0.914. The Morgan fingerprint density at radius 1 is 1.35 bits per heavy atom. The highest BCUT2D eigenvalue weighted by Crippen LogP contribution is 2.27. The van der Waals surface area contributed by atoms with Crippen molar-refractivity contribution in [3.05, 3.63) is 41.6 Å². The Morgan fingerprint density at radius 2 is 2.00 bits per heavy atom. The van der Waals surface area contributed by atoms with Crippen LogP contribution in [-0.4, -0.2) is 20.9 Å². The minimum atomic E-state index is -1.26. The third-order valence-electron chi connectivity index (χ3n) is 2.93. The van der Waals surface area contributed by atoms with Gasteiger partial charge in [0, 0.05) is 12.7 Å². The second kappa shape index (κ2) is 5.81. The molecule has 6 heteroatoms. The highest BCUT2D eigenvalue weighted by atomic mass is 19.1. The summed E-state index contributed by atoms with van der Waals surface area (Å²) in [4.78, 5) is 11.2. The van der Waals surface area contributed by atoms with Crippen molar-refractivity contribution in [1.82, 2.24) is 9.78 Å². The molecule has 1 heterocycles. The summed E-state index contributed by atoms with van der Waals surface area (Å²) >= 11 is 0. The Morgan fingerprint density at radius 3 is 2.55 bits per heavy atom. The largest absolute Gasteiger partial charge is 0.478 e. The van der Waals surface area contributed by atoms with E-state index in [1.54, 1.807) is 0 Å². The number of nitrogens with zero attached hydrogens (tertiary/aromatic N) is 2. The smallest absolute Gasteiger partial charge is 0.339 e. The monoisotopic (exact) mass is 280 g/mol. The molecule has 2 rings (SSSR count). The number of carbonyl (C=O) groups is 1. The van der Waals surface area contributed by atoms with Crippen LogP contribution >= 0.6 is 0 Å². The number of hydrogen-bond donors (Lipinski definition) is 1. The lowest BCUT2D eigenvalue weighted by atomic mass is 10.1. The van der Waals surface area contributed by atoms with Gasteiger partial charge in [-0.2, -0.15) is 5.10 Å². The molecule has 106 valence electrons. The molecule has 0 bridgehead atoms. The molecule has 1 N–H and O–H groups in total. The third kappa shape index (κ3) is 2.68. The van der Waals surface area contributed by atoms with Gasteiger partial charge < -0.3 is 5.11 Å². The van der Waals surface area contributed by atoms with Gasteiger partial charge >= 0.3 is 5.97 Å². The summed E-state index contributed by atoms with van der Waals surface area (Å²) in [7, 11) is 0. The SMILES string of the molecule is CCCCn1cc(C(=O)O)c(-c2c(F)cccc2F)n1. The van der Waals surface area contributed by atoms with Crippen molar-refractivity contribution >= 4 is 5.97 Å². The minimum absolute atomic E-state index is 0.177. The van der Waals surface area contributed by atoms with E-state index >= 15 is 0 Å². The number of aromatic nitrogens is 2. The second-order valence-corrected chi connectivity index (χ2v) is 4.41. The maximum absolute atomic E-state index is 13.8. The predicted molar refractivity (Wildman–Crippen MR) is 69.4 cm³/mol. The maximum Gasteiger partial charge on any atom is 0.339 e. The Kier molecular flexibility index (Phi) is 4.12. The van der Waals surface area contributed by atoms with Crippen LogP contribution in [0.15, 0.2) is 24.4 Å². The molecule has 0 saturated carbocycles. The van der Waals surface area contributed by atoms with E-state index in [9.17, 15) is 13.6 Å². The van der Waals surface area contributed by atoms with Crippen molar-refractivity contribution < 1.29 is 18.7 Å². The van der Waals surface area contributed by atoms with E-state index in [1.165, 1.54) is 16.9 Å². The van der Waals surface area contributed by atoms with Crippen LogP contribution in [0.1, 0.15) is 30.1 Å². The zero-order valence-corrected chi connectivity index (χ0v) is 10.9. The van der Waals surface area contributed by atoms with Gasteiger partial charge in [0.1, 0.15) is 22.9 Å². The lowest BCUT2D eigenvalue weighted by Gasteiger charge is -2.03. The van der Waals surface area contributed by atoms with Crippen LogP contribution in [0, 0.1) is 11.6 Å². The van der Waals surface area contributed by atoms with E-state index in [1.807, 2.05) is 6.92 Å². The molecular formula is C14H14F2N2O2. The fraction of sp³-hybridized carbons (Fsp3) is 0.286. The average Bonchev–Trinajstić information content (AvgIpc) is 2.80. The molecule has 0 atom stereocenters. The maximum atomic E-state index is 13.8. The highest BCUT2D eigenvalue weighted by molar-refractivity contribution is 5.94. The Hall–Kier alpha value is -2.24. The molecule has 0 amide bonds. The first-order chi connectivity index (χ1) is 9.54. The van der Waals surface area contributed by atoms with Gasteiger partial charge in [-0.05, 0) is 18.6 Å². The van der Waals surface area contributed by atoms with Gasteiger partial charge in [-0.25, -0.2) is 13.6 Å². The average molecular weight is 280 g/mol. The van der Waals surface area contributed by atoms with Gasteiger partial charge in [-0.15, -0.1) is 0 Å². The van der Waals surface area contributed by atoms with Crippen LogP contribution in [0.5, 0.6) is 0 Å². The number of benzene rings is 1. The van der Waals surface area contributed by atoms with E-state index in [-0.39, 0.29) is 11.3 Å². The minimum Gasteiger partial charge on any atom is -0.478 e. The summed E-state index contributed by atoms with van der Waals surface area (Å²) < 4.78 is 28.9. The van der Waals surface area contributed by atoms with Crippen LogP contribution in [-0.2, 0) is 6.54 Å². The lowest BCUT2D eigenvalue weighted by Crippen LogP contribution is -2.00. The molecule has 0 aliphatic rings. The van der Waals surface area contributed by atoms with Crippen LogP contribution in [0.4, 0.5) is 8.78 Å². The van der Waals surface area contributed by atoms with E-state index in [0.717, 1.165) is 25.0 Å². The predicted octanol–water partition coefficient (Wildman–Crippen LogP) is 3.33. The number of hydrogen-bond acceptors (Lipinski definition) is 2. The molecule has 0 spiro atoms. The first-order valence-electron chi connectivity index (χ1n) is 6.29. The molecule has 0 unspecified atom stereocenters. The van der Waals surface area contributed by atoms with Crippen LogP contribution in [0.3, 0.4) is 0 Å². The van der Waals surface area contributed by atoms with Crippen molar-refractivity contribution in [2.45, 2.75) is 26.3 Å². The molecule has 20 heavy (non-hydrogen) atoms. The van der Waals surface area contributed by atoms with Crippen LogP contribution < -0.4 is 0 Å². The van der Waals surface area contributed by atoms with Gasteiger partial charge in [0.05, 0.1) is 5.56 Å². The van der Waals surface area contributed by atoms with Crippen molar-refractivity contribution in [3.8, 4) is 11.3 Å². The third-order valence-corrected chi connectivity index (χ3v) is 2.93. The standard InChI is InChI=1S/C14H14F2N2O2/c1-2-3-7-18-8-9(14(19)20)13(17-18)12-10(15)5-4-6-11(12)16/h4-6,8H,2-3,7H2,1H3,(H,19,20). The fourth-order valence-corrected chi connectivity index (χ4v) is 1.92. The van der Waals surface area contributed by atoms with Crippen molar-refractivity contribution in [3.63, 3.8) is 0 Å². The molecular weight excluding hydrogens is 266 g/mol. The number of unbranched alkanes of at least 4 members (excludes halogenated alkanes) is 1. The Bertz CT molecular complexity index is 618. The molecule has 0 aliphatic heterocycles. The number of carboxylic acid groups (broad SMARTS) is 1. The second-order valence-electron chi connectivity index (χ2n) is 4.41. The van der Waals surface area contributed by atoms with E-state index in [4.69, 9.17) is 5.11 Å². The normalized spacial score (nSPS) is 10.8. The zero-order valence-electron chi connectivity index (χ0n) is 10.9. The van der Waals surface area contributed by atoms with Gasteiger partial charge in [-0.3, -0.25) is 4.68 Å². The molecule has 0 radical (unpaired) electrons. The first kappa shape index (κ1) is 14.2. The zero-order chi connectivity index (χ0) is 14.7. The molecule has 2 aromatic rings. The molecule has 4 nitrogen and oxygen atoms in total.